The lowest BCUT2D eigenvalue weighted by atomic mass is 10.3. The van der Waals surface area contributed by atoms with Crippen molar-refractivity contribution in [2.24, 2.45) is 0 Å². The van der Waals surface area contributed by atoms with Crippen LogP contribution in [0.3, 0.4) is 0 Å². The first kappa shape index (κ1) is 11.7. The van der Waals surface area contributed by atoms with Gasteiger partial charge in [0.1, 0.15) is 11.6 Å². The zero-order chi connectivity index (χ0) is 12.1. The summed E-state index contributed by atoms with van der Waals surface area (Å²) in [5.74, 6) is 5.06. The van der Waals surface area contributed by atoms with Crippen molar-refractivity contribution in [2.45, 2.75) is 0 Å². The van der Waals surface area contributed by atoms with Gasteiger partial charge < -0.3 is 10.4 Å². The number of thiophene rings is 1. The van der Waals surface area contributed by atoms with Crippen LogP contribution in [0.15, 0.2) is 17.6 Å². The average Bonchev–Trinajstić information content (AvgIpc) is 2.96. The highest BCUT2D eigenvalue weighted by atomic mass is 32.1. The van der Waals surface area contributed by atoms with Crippen LogP contribution in [0.5, 0.6) is 0 Å². The minimum Gasteiger partial charge on any atom is -0.384 e. The quantitative estimate of drug-likeness (QED) is 0.800. The Hall–Kier alpha value is -1.75. The topological polar surface area (TPSA) is 75.1 Å². The summed E-state index contributed by atoms with van der Waals surface area (Å²) in [6.45, 7) is -0.189. The maximum atomic E-state index is 11.7. The van der Waals surface area contributed by atoms with E-state index in [1.165, 1.54) is 17.5 Å². The second-order valence-electron chi connectivity index (χ2n) is 2.90. The Morgan fingerprint density at radius 1 is 1.59 bits per heavy atom. The van der Waals surface area contributed by atoms with Crippen molar-refractivity contribution < 1.29 is 9.90 Å². The van der Waals surface area contributed by atoms with Gasteiger partial charge >= 0.3 is 0 Å². The molecule has 0 spiro atoms. The van der Waals surface area contributed by atoms with Crippen LogP contribution in [-0.4, -0.2) is 27.2 Å². The fraction of sp³-hybridized carbons (Fsp3) is 0.100. The van der Waals surface area contributed by atoms with E-state index in [1.807, 2.05) is 0 Å². The third-order valence-corrected chi connectivity index (χ3v) is 3.18. The fourth-order valence-electron chi connectivity index (χ4n) is 1.05. The number of nitrogens with one attached hydrogen (secondary N) is 1. The Bertz CT molecular complexity index is 566. The van der Waals surface area contributed by atoms with Gasteiger partial charge in [-0.25, -0.2) is 0 Å². The number of nitrogens with zero attached hydrogens (tertiary/aromatic N) is 2. The molecular weight excluding hydrogens is 258 g/mol. The second kappa shape index (κ2) is 5.54. The van der Waals surface area contributed by atoms with Crippen LogP contribution in [0.1, 0.15) is 15.2 Å². The minimum atomic E-state index is -0.218. The van der Waals surface area contributed by atoms with E-state index in [1.54, 1.807) is 11.4 Å². The molecule has 2 N–H and O–H groups in total. The number of aliphatic hydroxyl groups is 1. The van der Waals surface area contributed by atoms with Crippen molar-refractivity contribution in [1.29, 1.82) is 0 Å². The molecule has 2 rings (SSSR count). The number of aromatic nitrogens is 2. The van der Waals surface area contributed by atoms with Crippen LogP contribution in [-0.2, 0) is 0 Å². The molecule has 86 valence electrons. The highest BCUT2D eigenvalue weighted by molar-refractivity contribution is 7.11. The monoisotopic (exact) mass is 265 g/mol. The third kappa shape index (κ3) is 3.10. The zero-order valence-corrected chi connectivity index (χ0v) is 10.1. The summed E-state index contributed by atoms with van der Waals surface area (Å²) >= 11 is 2.47. The van der Waals surface area contributed by atoms with Gasteiger partial charge in [-0.2, -0.15) is 0 Å². The van der Waals surface area contributed by atoms with E-state index in [0.717, 1.165) is 16.4 Å². The summed E-state index contributed by atoms with van der Waals surface area (Å²) in [7, 11) is 0. The maximum absolute atomic E-state index is 11.7. The summed E-state index contributed by atoms with van der Waals surface area (Å²) in [6.07, 6.45) is 1.49. The predicted octanol–water partition coefficient (Wildman–Crippen LogP) is 1.20. The lowest BCUT2D eigenvalue weighted by molar-refractivity contribution is 0.102. The molecule has 0 aliphatic heterocycles. The number of hydrogen-bond acceptors (Lipinski definition) is 6. The summed E-state index contributed by atoms with van der Waals surface area (Å²) in [4.78, 5) is 12.5. The van der Waals surface area contributed by atoms with E-state index < -0.39 is 0 Å². The van der Waals surface area contributed by atoms with Crippen molar-refractivity contribution in [3.05, 3.63) is 28.1 Å². The van der Waals surface area contributed by atoms with Crippen LogP contribution in [0.4, 0.5) is 5.00 Å². The van der Waals surface area contributed by atoms with Crippen molar-refractivity contribution in [3.63, 3.8) is 0 Å². The Morgan fingerprint density at radius 3 is 3.18 bits per heavy atom. The summed E-state index contributed by atoms with van der Waals surface area (Å²) in [6, 6.07) is 1.68. The third-order valence-electron chi connectivity index (χ3n) is 1.75. The summed E-state index contributed by atoms with van der Waals surface area (Å²) < 4.78 is 3.64. The van der Waals surface area contributed by atoms with E-state index in [-0.39, 0.29) is 12.5 Å². The number of hydrogen-bond donors (Lipinski definition) is 2. The minimum absolute atomic E-state index is 0.189. The molecule has 0 aromatic carbocycles. The lowest BCUT2D eigenvalue weighted by Gasteiger charge is -1.96. The Balaban J connectivity index is 2.07. The van der Waals surface area contributed by atoms with Crippen molar-refractivity contribution in [3.8, 4) is 11.8 Å². The molecule has 0 fully saturated rings. The van der Waals surface area contributed by atoms with Crippen molar-refractivity contribution >= 4 is 33.8 Å². The summed E-state index contributed by atoms with van der Waals surface area (Å²) in [5, 5.41) is 17.2. The first-order valence-corrected chi connectivity index (χ1v) is 6.22. The molecule has 2 aromatic rings. The van der Waals surface area contributed by atoms with Gasteiger partial charge in [0.25, 0.3) is 5.91 Å². The summed E-state index contributed by atoms with van der Waals surface area (Å²) in [5.41, 5.74) is 0.533. The van der Waals surface area contributed by atoms with Gasteiger partial charge in [-0.15, -0.1) is 16.4 Å². The van der Waals surface area contributed by atoms with Crippen LogP contribution in [0.25, 0.3) is 0 Å². The molecule has 2 heterocycles. The predicted molar refractivity (Wildman–Crippen MR) is 66.1 cm³/mol. The molecule has 0 aliphatic rings. The molecule has 0 saturated heterocycles. The van der Waals surface area contributed by atoms with Crippen LogP contribution < -0.4 is 5.32 Å². The van der Waals surface area contributed by atoms with Gasteiger partial charge in [0.2, 0.25) is 0 Å². The lowest BCUT2D eigenvalue weighted by Crippen LogP contribution is -2.09. The Morgan fingerprint density at radius 2 is 2.47 bits per heavy atom. The average molecular weight is 265 g/mol. The van der Waals surface area contributed by atoms with E-state index in [0.29, 0.717) is 10.6 Å². The highest BCUT2D eigenvalue weighted by Crippen LogP contribution is 2.16. The first-order valence-electron chi connectivity index (χ1n) is 4.56. The standard InChI is InChI=1S/C10H7N3O2S2/c14-3-1-2-8-4-7(6-16-8)10(15)12-9-5-11-13-17-9/h4-6,14H,3H2,(H,12,15). The number of amides is 1. The van der Waals surface area contributed by atoms with Crippen molar-refractivity contribution in [2.75, 3.05) is 11.9 Å². The van der Waals surface area contributed by atoms with Gasteiger partial charge in [-0.1, -0.05) is 16.3 Å². The molecule has 2 aromatic heterocycles. The SMILES string of the molecule is O=C(Nc1cnns1)c1csc(C#CCO)c1. The van der Waals surface area contributed by atoms with Crippen LogP contribution in [0, 0.1) is 11.8 Å². The largest absolute Gasteiger partial charge is 0.384 e. The number of carbonyl (C=O) groups is 1. The number of aliphatic hydroxyl groups excluding tert-OH is 1. The molecule has 0 aliphatic carbocycles. The van der Waals surface area contributed by atoms with Crippen LogP contribution in [0.2, 0.25) is 0 Å². The molecule has 7 heteroatoms. The van der Waals surface area contributed by atoms with Gasteiger partial charge in [0.05, 0.1) is 16.6 Å². The Labute approximate surface area is 105 Å². The van der Waals surface area contributed by atoms with E-state index in [9.17, 15) is 4.79 Å². The van der Waals surface area contributed by atoms with E-state index >= 15 is 0 Å². The van der Waals surface area contributed by atoms with E-state index in [2.05, 4.69) is 26.7 Å². The number of carbonyl (C=O) groups excluding carboxylic acids is 1. The molecule has 0 bridgehead atoms. The second-order valence-corrected chi connectivity index (χ2v) is 4.59. The Kier molecular flexibility index (Phi) is 3.82. The molecule has 5 nitrogen and oxygen atoms in total. The zero-order valence-electron chi connectivity index (χ0n) is 8.51. The van der Waals surface area contributed by atoms with Crippen molar-refractivity contribution in [1.82, 2.24) is 9.59 Å². The molecular formula is C10H7N3O2S2. The molecule has 17 heavy (non-hydrogen) atoms. The molecule has 1 amide bonds. The molecule has 0 radical (unpaired) electrons. The van der Waals surface area contributed by atoms with Gasteiger partial charge in [0, 0.05) is 16.9 Å². The molecule has 0 saturated carbocycles. The first-order chi connectivity index (χ1) is 8.29. The highest BCUT2D eigenvalue weighted by Gasteiger charge is 2.09. The van der Waals surface area contributed by atoms with Gasteiger partial charge in [-0.3, -0.25) is 4.79 Å². The van der Waals surface area contributed by atoms with Gasteiger partial charge in [-0.05, 0) is 6.07 Å². The fourth-order valence-corrected chi connectivity index (χ4v) is 2.22. The normalized spacial score (nSPS) is 9.47. The molecule has 0 atom stereocenters. The maximum Gasteiger partial charge on any atom is 0.257 e. The van der Waals surface area contributed by atoms with Gasteiger partial charge in [0.15, 0.2) is 0 Å². The smallest absolute Gasteiger partial charge is 0.257 e. The molecule has 0 unspecified atom stereocenters. The number of anilines is 1. The number of rotatable bonds is 2. The van der Waals surface area contributed by atoms with Crippen LogP contribution >= 0.6 is 22.9 Å². The van der Waals surface area contributed by atoms with E-state index in [4.69, 9.17) is 5.11 Å².